The van der Waals surface area contributed by atoms with Gasteiger partial charge in [0.15, 0.2) is 11.5 Å². The minimum atomic E-state index is 0.265. The van der Waals surface area contributed by atoms with Crippen LogP contribution in [0.5, 0.6) is 0 Å². The van der Waals surface area contributed by atoms with Crippen molar-refractivity contribution in [3.63, 3.8) is 0 Å². The lowest BCUT2D eigenvalue weighted by Gasteiger charge is -2.16. The highest BCUT2D eigenvalue weighted by Crippen LogP contribution is 2.26. The number of anilines is 1. The Morgan fingerprint density at radius 2 is 2.13 bits per heavy atom. The number of nitrogens with one attached hydrogen (secondary N) is 1. The van der Waals surface area contributed by atoms with Crippen molar-refractivity contribution in [1.29, 1.82) is 0 Å². The van der Waals surface area contributed by atoms with Gasteiger partial charge in [0.1, 0.15) is 5.82 Å². The second-order valence-corrected chi connectivity index (χ2v) is 6.90. The Morgan fingerprint density at radius 3 is 2.87 bits per heavy atom. The number of hydrogen-bond donors (Lipinski definition) is 1. The SMILES string of the molecule is CCC(Nc1ccc2nnc(-c3ccsc3)n2n1)c1cccs1. The number of hydrogen-bond acceptors (Lipinski definition) is 6. The standard InChI is InChI=1S/C16H15N5S2/c1-2-12(13-4-3-8-23-13)17-14-5-6-15-18-19-16(21(15)20-14)11-7-9-22-10-11/h3-10,12H,2H2,1H3,(H,17,20). The van der Waals surface area contributed by atoms with Gasteiger partial charge in [-0.3, -0.25) is 0 Å². The predicted molar refractivity (Wildman–Crippen MR) is 95.1 cm³/mol. The maximum atomic E-state index is 4.68. The molecular weight excluding hydrogens is 326 g/mol. The zero-order valence-electron chi connectivity index (χ0n) is 12.5. The third kappa shape index (κ3) is 2.73. The van der Waals surface area contributed by atoms with E-state index in [0.717, 1.165) is 29.3 Å². The van der Waals surface area contributed by atoms with Crippen LogP contribution in [0.25, 0.3) is 17.0 Å². The van der Waals surface area contributed by atoms with Gasteiger partial charge in [-0.15, -0.1) is 26.6 Å². The summed E-state index contributed by atoms with van der Waals surface area (Å²) in [6.45, 7) is 2.17. The van der Waals surface area contributed by atoms with Crippen LogP contribution in [0.1, 0.15) is 24.3 Å². The first kappa shape index (κ1) is 14.3. The molecule has 0 saturated heterocycles. The van der Waals surface area contributed by atoms with E-state index in [-0.39, 0.29) is 6.04 Å². The van der Waals surface area contributed by atoms with E-state index >= 15 is 0 Å². The van der Waals surface area contributed by atoms with Crippen molar-refractivity contribution in [1.82, 2.24) is 19.8 Å². The molecular formula is C16H15N5S2. The van der Waals surface area contributed by atoms with E-state index in [4.69, 9.17) is 0 Å². The minimum Gasteiger partial charge on any atom is -0.361 e. The lowest BCUT2D eigenvalue weighted by atomic mass is 10.2. The van der Waals surface area contributed by atoms with Gasteiger partial charge in [0.2, 0.25) is 0 Å². The summed E-state index contributed by atoms with van der Waals surface area (Å²) >= 11 is 3.40. The van der Waals surface area contributed by atoms with E-state index in [1.165, 1.54) is 4.88 Å². The summed E-state index contributed by atoms with van der Waals surface area (Å²) in [6.07, 6.45) is 1.000. The van der Waals surface area contributed by atoms with Gasteiger partial charge in [-0.25, -0.2) is 0 Å². The summed E-state index contributed by atoms with van der Waals surface area (Å²) in [5.74, 6) is 1.60. The number of fused-ring (bicyclic) bond motifs is 1. The minimum absolute atomic E-state index is 0.265. The molecule has 0 aliphatic carbocycles. The quantitative estimate of drug-likeness (QED) is 0.581. The van der Waals surface area contributed by atoms with Gasteiger partial charge in [0.25, 0.3) is 0 Å². The van der Waals surface area contributed by atoms with Crippen molar-refractivity contribution in [3.8, 4) is 11.4 Å². The molecule has 4 heterocycles. The van der Waals surface area contributed by atoms with Gasteiger partial charge >= 0.3 is 0 Å². The lowest BCUT2D eigenvalue weighted by molar-refractivity contribution is 0.751. The summed E-state index contributed by atoms with van der Waals surface area (Å²) in [7, 11) is 0. The molecule has 4 rings (SSSR count). The molecule has 1 unspecified atom stereocenters. The van der Waals surface area contributed by atoms with Gasteiger partial charge in [-0.2, -0.15) is 15.9 Å². The number of aromatic nitrogens is 4. The molecule has 0 bridgehead atoms. The van der Waals surface area contributed by atoms with Gasteiger partial charge in [0.05, 0.1) is 6.04 Å². The van der Waals surface area contributed by atoms with Crippen LogP contribution in [0.2, 0.25) is 0 Å². The van der Waals surface area contributed by atoms with Gasteiger partial charge < -0.3 is 5.32 Å². The molecule has 0 aliphatic rings. The lowest BCUT2D eigenvalue weighted by Crippen LogP contribution is -2.10. The highest BCUT2D eigenvalue weighted by atomic mass is 32.1. The molecule has 4 aromatic rings. The average molecular weight is 341 g/mol. The summed E-state index contributed by atoms with van der Waals surface area (Å²) in [5, 5.41) is 22.8. The Balaban J connectivity index is 1.69. The number of thiophene rings is 2. The molecule has 0 fully saturated rings. The second-order valence-electron chi connectivity index (χ2n) is 5.14. The molecule has 23 heavy (non-hydrogen) atoms. The van der Waals surface area contributed by atoms with E-state index < -0.39 is 0 Å². The first-order valence-electron chi connectivity index (χ1n) is 7.40. The molecule has 0 saturated carbocycles. The smallest absolute Gasteiger partial charge is 0.186 e. The Morgan fingerprint density at radius 1 is 1.17 bits per heavy atom. The molecule has 1 atom stereocenters. The third-order valence-corrected chi connectivity index (χ3v) is 5.33. The molecule has 0 aromatic carbocycles. The second kappa shape index (κ2) is 6.10. The van der Waals surface area contributed by atoms with E-state index in [1.54, 1.807) is 27.2 Å². The Bertz CT molecular complexity index is 896. The molecule has 0 radical (unpaired) electrons. The fourth-order valence-electron chi connectivity index (χ4n) is 2.48. The fourth-order valence-corrected chi connectivity index (χ4v) is 3.98. The van der Waals surface area contributed by atoms with Crippen molar-refractivity contribution in [2.24, 2.45) is 0 Å². The van der Waals surface area contributed by atoms with Crippen LogP contribution >= 0.6 is 22.7 Å². The van der Waals surface area contributed by atoms with Crippen LogP contribution < -0.4 is 5.32 Å². The molecule has 4 aromatic heterocycles. The molecule has 5 nitrogen and oxygen atoms in total. The van der Waals surface area contributed by atoms with Crippen LogP contribution in [0.4, 0.5) is 5.82 Å². The largest absolute Gasteiger partial charge is 0.361 e. The molecule has 0 spiro atoms. The summed E-state index contributed by atoms with van der Waals surface area (Å²) < 4.78 is 1.80. The predicted octanol–water partition coefficient (Wildman–Crippen LogP) is 4.48. The number of nitrogens with zero attached hydrogens (tertiary/aromatic N) is 4. The van der Waals surface area contributed by atoms with Gasteiger partial charge in [-0.1, -0.05) is 13.0 Å². The first-order chi connectivity index (χ1) is 11.3. The molecule has 0 amide bonds. The van der Waals surface area contributed by atoms with Crippen LogP contribution in [0.15, 0.2) is 46.5 Å². The van der Waals surface area contributed by atoms with Crippen molar-refractivity contribution < 1.29 is 0 Å². The van der Waals surface area contributed by atoms with E-state index in [2.05, 4.69) is 50.4 Å². The van der Waals surface area contributed by atoms with E-state index in [1.807, 2.05) is 23.6 Å². The zero-order chi connectivity index (χ0) is 15.6. The van der Waals surface area contributed by atoms with Crippen LogP contribution in [0.3, 0.4) is 0 Å². The number of rotatable bonds is 5. The Labute approximate surface area is 141 Å². The van der Waals surface area contributed by atoms with Crippen molar-refractivity contribution in [3.05, 3.63) is 51.3 Å². The highest BCUT2D eigenvalue weighted by molar-refractivity contribution is 7.10. The maximum absolute atomic E-state index is 4.68. The van der Waals surface area contributed by atoms with E-state index in [0.29, 0.717) is 0 Å². The summed E-state index contributed by atoms with van der Waals surface area (Å²) in [4.78, 5) is 1.32. The van der Waals surface area contributed by atoms with Crippen LogP contribution in [-0.2, 0) is 0 Å². The summed E-state index contributed by atoms with van der Waals surface area (Å²) in [6, 6.07) is 10.4. The van der Waals surface area contributed by atoms with Gasteiger partial charge in [-0.05, 0) is 41.4 Å². The monoisotopic (exact) mass is 341 g/mol. The van der Waals surface area contributed by atoms with Crippen LogP contribution in [0, 0.1) is 0 Å². The van der Waals surface area contributed by atoms with Gasteiger partial charge in [0, 0.05) is 15.8 Å². The Kier molecular flexibility index (Phi) is 3.80. The fraction of sp³-hybridized carbons (Fsp3) is 0.188. The highest BCUT2D eigenvalue weighted by Gasteiger charge is 2.13. The normalized spacial score (nSPS) is 12.6. The summed E-state index contributed by atoms with van der Waals surface area (Å²) in [5.41, 5.74) is 1.79. The van der Waals surface area contributed by atoms with Crippen molar-refractivity contribution >= 4 is 34.1 Å². The molecule has 0 aliphatic heterocycles. The third-order valence-electron chi connectivity index (χ3n) is 3.66. The maximum Gasteiger partial charge on any atom is 0.186 e. The topological polar surface area (TPSA) is 55.1 Å². The Hall–Kier alpha value is -2.25. The molecule has 7 heteroatoms. The van der Waals surface area contributed by atoms with E-state index in [9.17, 15) is 0 Å². The van der Waals surface area contributed by atoms with Crippen LogP contribution in [-0.4, -0.2) is 19.8 Å². The zero-order valence-corrected chi connectivity index (χ0v) is 14.1. The molecule has 1 N–H and O–H groups in total. The van der Waals surface area contributed by atoms with Crippen molar-refractivity contribution in [2.45, 2.75) is 19.4 Å². The molecule has 116 valence electrons. The average Bonchev–Trinajstić information content (AvgIpc) is 3.32. The first-order valence-corrected chi connectivity index (χ1v) is 9.22. The van der Waals surface area contributed by atoms with Crippen molar-refractivity contribution in [2.75, 3.05) is 5.32 Å².